The van der Waals surface area contributed by atoms with Crippen molar-refractivity contribution in [3.8, 4) is 0 Å². The summed E-state index contributed by atoms with van der Waals surface area (Å²) < 4.78 is 0. The molecule has 2 heterocycles. The van der Waals surface area contributed by atoms with Crippen LogP contribution in [0.4, 0.5) is 0 Å². The summed E-state index contributed by atoms with van der Waals surface area (Å²) >= 11 is 0. The zero-order valence-corrected chi connectivity index (χ0v) is 17.1. The number of carbonyl (C=O) groups excluding carboxylic acids is 1. The predicted molar refractivity (Wildman–Crippen MR) is 107 cm³/mol. The molecule has 1 amide bonds. The molecule has 1 N–H and O–H groups in total. The van der Waals surface area contributed by atoms with Crippen molar-refractivity contribution >= 4 is 5.91 Å². The van der Waals surface area contributed by atoms with E-state index in [9.17, 15) is 4.79 Å². The molecule has 0 radical (unpaired) electrons. The first kappa shape index (κ1) is 20.1. The van der Waals surface area contributed by atoms with Crippen LogP contribution in [0.2, 0.25) is 0 Å². The molecule has 0 bridgehead atoms. The highest BCUT2D eigenvalue weighted by atomic mass is 16.1. The molecule has 1 spiro atoms. The van der Waals surface area contributed by atoms with Crippen LogP contribution in [-0.2, 0) is 4.79 Å². The number of hydrogen-bond acceptors (Lipinski definition) is 4. The second kappa shape index (κ2) is 9.52. The molecular weight excluding hydrogens is 324 g/mol. The second-order valence-corrected chi connectivity index (χ2v) is 8.90. The van der Waals surface area contributed by atoms with E-state index in [0.717, 1.165) is 12.5 Å². The van der Waals surface area contributed by atoms with Crippen molar-refractivity contribution in [3.05, 3.63) is 0 Å². The minimum absolute atomic E-state index is 0.205. The predicted octanol–water partition coefficient (Wildman–Crippen LogP) is 2.03. The maximum atomic E-state index is 11.4. The summed E-state index contributed by atoms with van der Waals surface area (Å²) in [5.41, 5.74) is 0.620. The van der Waals surface area contributed by atoms with Crippen molar-refractivity contribution in [1.29, 1.82) is 0 Å². The van der Waals surface area contributed by atoms with Crippen LogP contribution in [0, 0.1) is 11.3 Å². The molecule has 3 fully saturated rings. The van der Waals surface area contributed by atoms with E-state index in [2.05, 4.69) is 26.9 Å². The zero-order valence-electron chi connectivity index (χ0n) is 17.1. The molecule has 5 nitrogen and oxygen atoms in total. The van der Waals surface area contributed by atoms with Crippen LogP contribution in [0.3, 0.4) is 0 Å². The number of carbonyl (C=O) groups is 1. The summed E-state index contributed by atoms with van der Waals surface area (Å²) in [7, 11) is 0. The van der Waals surface area contributed by atoms with Gasteiger partial charge in [0.1, 0.15) is 0 Å². The van der Waals surface area contributed by atoms with Gasteiger partial charge in [0, 0.05) is 39.1 Å². The Bertz CT molecular complexity index is 431. The lowest BCUT2D eigenvalue weighted by Crippen LogP contribution is -2.50. The fourth-order valence-electron chi connectivity index (χ4n) is 5.20. The highest BCUT2D eigenvalue weighted by Crippen LogP contribution is 2.52. The second-order valence-electron chi connectivity index (χ2n) is 8.90. The molecule has 5 heteroatoms. The van der Waals surface area contributed by atoms with E-state index in [4.69, 9.17) is 0 Å². The lowest BCUT2D eigenvalue weighted by Gasteiger charge is -2.52. The Morgan fingerprint density at radius 3 is 2.08 bits per heavy atom. The first-order chi connectivity index (χ1) is 12.6. The van der Waals surface area contributed by atoms with Gasteiger partial charge in [0.15, 0.2) is 0 Å². The van der Waals surface area contributed by atoms with E-state index < -0.39 is 0 Å². The van der Waals surface area contributed by atoms with E-state index in [1.807, 2.05) is 6.92 Å². The van der Waals surface area contributed by atoms with Gasteiger partial charge in [0.05, 0.1) is 0 Å². The summed E-state index contributed by atoms with van der Waals surface area (Å²) in [6.07, 6.45) is 7.37. The average Bonchev–Trinajstić information content (AvgIpc) is 2.66. The Kier molecular flexibility index (Phi) is 7.35. The van der Waals surface area contributed by atoms with E-state index >= 15 is 0 Å². The number of amides is 1. The third-order valence-corrected chi connectivity index (χ3v) is 7.13. The highest BCUT2D eigenvalue weighted by molar-refractivity contribution is 5.75. The SMILES string of the molecule is CCC(=O)NCC1CC2(CCN(CCCN3CCN(CC)CC3)CC2)C1. The van der Waals surface area contributed by atoms with Crippen LogP contribution in [0.15, 0.2) is 0 Å². The van der Waals surface area contributed by atoms with Crippen molar-refractivity contribution in [3.63, 3.8) is 0 Å². The van der Waals surface area contributed by atoms with Crippen LogP contribution in [0.1, 0.15) is 52.4 Å². The molecule has 3 rings (SSSR count). The van der Waals surface area contributed by atoms with Crippen molar-refractivity contribution in [2.45, 2.75) is 52.4 Å². The van der Waals surface area contributed by atoms with Gasteiger partial charge in [-0.2, -0.15) is 0 Å². The first-order valence-electron chi connectivity index (χ1n) is 11.1. The Morgan fingerprint density at radius 1 is 0.923 bits per heavy atom. The largest absolute Gasteiger partial charge is 0.356 e. The standard InChI is InChI=1S/C21H40N4O/c1-3-20(26)22-18-19-16-21(17-19)6-10-24(11-7-21)8-5-9-25-14-12-23(4-2)13-15-25/h19H,3-18H2,1-2H3,(H,22,26). The minimum Gasteiger partial charge on any atom is -0.356 e. The Morgan fingerprint density at radius 2 is 1.50 bits per heavy atom. The molecule has 2 aliphatic heterocycles. The molecule has 0 atom stereocenters. The average molecular weight is 365 g/mol. The Hall–Kier alpha value is -0.650. The van der Waals surface area contributed by atoms with E-state index in [-0.39, 0.29) is 5.91 Å². The zero-order chi connectivity index (χ0) is 18.4. The molecule has 0 aromatic heterocycles. The third-order valence-electron chi connectivity index (χ3n) is 7.13. The van der Waals surface area contributed by atoms with Gasteiger partial charge in [-0.25, -0.2) is 0 Å². The van der Waals surface area contributed by atoms with Gasteiger partial charge < -0.3 is 20.0 Å². The summed E-state index contributed by atoms with van der Waals surface area (Å²) in [4.78, 5) is 19.3. The summed E-state index contributed by atoms with van der Waals surface area (Å²) in [6.45, 7) is 16.5. The van der Waals surface area contributed by atoms with Gasteiger partial charge in [-0.1, -0.05) is 13.8 Å². The molecule has 150 valence electrons. The number of likely N-dealkylation sites (tertiary alicyclic amines) is 1. The number of nitrogens with zero attached hydrogens (tertiary/aromatic N) is 3. The monoisotopic (exact) mass is 364 g/mol. The van der Waals surface area contributed by atoms with Crippen molar-refractivity contribution in [2.75, 3.05) is 65.4 Å². The van der Waals surface area contributed by atoms with Crippen LogP contribution >= 0.6 is 0 Å². The molecular formula is C21H40N4O. The van der Waals surface area contributed by atoms with Gasteiger partial charge in [0.2, 0.25) is 5.91 Å². The fraction of sp³-hybridized carbons (Fsp3) is 0.952. The number of likely N-dealkylation sites (N-methyl/N-ethyl adjacent to an activating group) is 1. The molecule has 0 aromatic rings. The highest BCUT2D eigenvalue weighted by Gasteiger charge is 2.45. The fourth-order valence-corrected chi connectivity index (χ4v) is 5.20. The van der Waals surface area contributed by atoms with Crippen LogP contribution in [0.25, 0.3) is 0 Å². The maximum absolute atomic E-state index is 11.4. The molecule has 3 aliphatic rings. The Labute approximate surface area is 160 Å². The van der Waals surface area contributed by atoms with Gasteiger partial charge in [-0.15, -0.1) is 0 Å². The minimum atomic E-state index is 0.205. The number of piperazine rings is 1. The van der Waals surface area contributed by atoms with Gasteiger partial charge >= 0.3 is 0 Å². The quantitative estimate of drug-likeness (QED) is 0.715. The topological polar surface area (TPSA) is 38.8 Å². The van der Waals surface area contributed by atoms with Crippen LogP contribution in [0.5, 0.6) is 0 Å². The number of hydrogen-bond donors (Lipinski definition) is 1. The lowest BCUT2D eigenvalue weighted by atomic mass is 9.57. The smallest absolute Gasteiger partial charge is 0.219 e. The number of nitrogens with one attached hydrogen (secondary N) is 1. The van der Waals surface area contributed by atoms with Crippen molar-refractivity contribution < 1.29 is 4.79 Å². The molecule has 0 unspecified atom stereocenters. The normalized spacial score (nSPS) is 25.3. The van der Waals surface area contributed by atoms with Crippen LogP contribution in [-0.4, -0.2) is 86.1 Å². The van der Waals surface area contributed by atoms with Gasteiger partial charge in [-0.3, -0.25) is 4.79 Å². The molecule has 2 saturated heterocycles. The lowest BCUT2D eigenvalue weighted by molar-refractivity contribution is -0.121. The van der Waals surface area contributed by atoms with Crippen LogP contribution < -0.4 is 5.32 Å². The maximum Gasteiger partial charge on any atom is 0.219 e. The van der Waals surface area contributed by atoms with E-state index in [1.165, 1.54) is 91.0 Å². The molecule has 1 saturated carbocycles. The summed E-state index contributed by atoms with van der Waals surface area (Å²) in [5, 5.41) is 3.07. The molecule has 26 heavy (non-hydrogen) atoms. The number of piperidine rings is 1. The first-order valence-corrected chi connectivity index (χ1v) is 11.1. The third kappa shape index (κ3) is 5.43. The Balaban J connectivity index is 1.24. The van der Waals surface area contributed by atoms with E-state index in [0.29, 0.717) is 11.8 Å². The molecule has 1 aliphatic carbocycles. The van der Waals surface area contributed by atoms with Crippen molar-refractivity contribution in [2.24, 2.45) is 11.3 Å². The number of rotatable bonds is 8. The van der Waals surface area contributed by atoms with Crippen molar-refractivity contribution in [1.82, 2.24) is 20.0 Å². The summed E-state index contributed by atoms with van der Waals surface area (Å²) in [6, 6.07) is 0. The van der Waals surface area contributed by atoms with E-state index in [1.54, 1.807) is 0 Å². The van der Waals surface area contributed by atoms with Gasteiger partial charge in [0.25, 0.3) is 0 Å². The summed E-state index contributed by atoms with van der Waals surface area (Å²) in [5.74, 6) is 0.940. The van der Waals surface area contributed by atoms with Gasteiger partial charge in [-0.05, 0) is 76.2 Å². The molecule has 0 aromatic carbocycles.